The zero-order valence-electron chi connectivity index (χ0n) is 13.2. The first-order valence-electron chi connectivity index (χ1n) is 7.03. The quantitative estimate of drug-likeness (QED) is 0.741. The molecule has 1 heterocycles. The number of rotatable bonds is 6. The Labute approximate surface area is 124 Å². The van der Waals surface area contributed by atoms with Gasteiger partial charge < -0.3 is 10.4 Å². The molecular weight excluding hydrogens is 272 g/mol. The van der Waals surface area contributed by atoms with E-state index in [0.717, 1.165) is 0 Å². The smallest absolute Gasteiger partial charge is 0.308 e. The third-order valence-electron chi connectivity index (χ3n) is 2.97. The van der Waals surface area contributed by atoms with Crippen LogP contribution in [0.4, 0.5) is 0 Å². The van der Waals surface area contributed by atoms with Crippen LogP contribution in [0.25, 0.3) is 0 Å². The molecule has 0 spiro atoms. The van der Waals surface area contributed by atoms with Crippen molar-refractivity contribution >= 4 is 11.9 Å². The highest BCUT2D eigenvalue weighted by atomic mass is 16.4. The summed E-state index contributed by atoms with van der Waals surface area (Å²) in [5.41, 5.74) is -0.122. The van der Waals surface area contributed by atoms with Crippen LogP contribution >= 0.6 is 0 Å². The number of hydrogen-bond donors (Lipinski definition) is 3. The Morgan fingerprint density at radius 3 is 2.38 bits per heavy atom. The van der Waals surface area contributed by atoms with Crippen LogP contribution in [0.2, 0.25) is 0 Å². The van der Waals surface area contributed by atoms with Crippen molar-refractivity contribution < 1.29 is 14.7 Å². The predicted molar refractivity (Wildman–Crippen MR) is 78.0 cm³/mol. The summed E-state index contributed by atoms with van der Waals surface area (Å²) in [5, 5.41) is 18.3. The first-order chi connectivity index (χ1) is 9.60. The summed E-state index contributed by atoms with van der Waals surface area (Å²) in [4.78, 5) is 27.2. The molecule has 1 rings (SSSR count). The van der Waals surface area contributed by atoms with Crippen molar-refractivity contribution in [2.45, 2.75) is 47.0 Å². The molecule has 0 radical (unpaired) electrons. The second kappa shape index (κ2) is 6.69. The molecule has 0 fully saturated rings. The molecule has 0 aliphatic rings. The maximum absolute atomic E-state index is 11.9. The Morgan fingerprint density at radius 2 is 1.95 bits per heavy atom. The van der Waals surface area contributed by atoms with Gasteiger partial charge in [0.15, 0.2) is 0 Å². The second-order valence-electron chi connectivity index (χ2n) is 6.71. The number of aromatic nitrogens is 3. The average molecular weight is 296 g/mol. The summed E-state index contributed by atoms with van der Waals surface area (Å²) >= 11 is 0. The molecular formula is C14H24N4O3. The van der Waals surface area contributed by atoms with Crippen molar-refractivity contribution in [1.82, 2.24) is 20.5 Å². The number of aromatic amines is 1. The van der Waals surface area contributed by atoms with Crippen LogP contribution < -0.4 is 5.32 Å². The van der Waals surface area contributed by atoms with Gasteiger partial charge >= 0.3 is 5.97 Å². The molecule has 1 aromatic rings. The number of H-pyrrole nitrogens is 1. The second-order valence-corrected chi connectivity index (χ2v) is 6.71. The van der Waals surface area contributed by atoms with Crippen LogP contribution in [0.15, 0.2) is 0 Å². The molecule has 0 saturated heterocycles. The molecule has 7 heteroatoms. The van der Waals surface area contributed by atoms with E-state index in [1.807, 2.05) is 34.6 Å². The molecule has 0 aromatic carbocycles. The van der Waals surface area contributed by atoms with Gasteiger partial charge in [-0.3, -0.25) is 14.7 Å². The molecule has 0 aliphatic carbocycles. The van der Waals surface area contributed by atoms with Gasteiger partial charge in [0.25, 0.3) is 5.91 Å². The lowest BCUT2D eigenvalue weighted by Gasteiger charge is -2.23. The Morgan fingerprint density at radius 1 is 1.33 bits per heavy atom. The normalized spacial score (nSPS) is 13.2. The van der Waals surface area contributed by atoms with Crippen molar-refractivity contribution in [3.8, 4) is 0 Å². The minimum Gasteiger partial charge on any atom is -0.481 e. The number of carbonyl (C=O) groups excluding carboxylic acids is 1. The highest BCUT2D eigenvalue weighted by Crippen LogP contribution is 2.24. The van der Waals surface area contributed by atoms with Crippen LogP contribution in [-0.4, -0.2) is 38.7 Å². The van der Waals surface area contributed by atoms with Gasteiger partial charge in [0.2, 0.25) is 5.82 Å². The van der Waals surface area contributed by atoms with E-state index in [1.165, 1.54) is 0 Å². The third-order valence-corrected chi connectivity index (χ3v) is 2.97. The number of carboxylic acids is 1. The van der Waals surface area contributed by atoms with Gasteiger partial charge in [0, 0.05) is 12.5 Å². The molecule has 1 aromatic heterocycles. The lowest BCUT2D eigenvalue weighted by Crippen LogP contribution is -2.35. The molecule has 0 aliphatic heterocycles. The molecule has 1 amide bonds. The van der Waals surface area contributed by atoms with E-state index in [4.69, 9.17) is 0 Å². The molecule has 1 unspecified atom stereocenters. The van der Waals surface area contributed by atoms with E-state index < -0.39 is 17.8 Å². The zero-order valence-corrected chi connectivity index (χ0v) is 13.2. The Hall–Kier alpha value is -1.92. The predicted octanol–water partition coefficient (Wildman–Crippen LogP) is 1.79. The van der Waals surface area contributed by atoms with Crippen molar-refractivity contribution in [1.29, 1.82) is 0 Å². The maximum Gasteiger partial charge on any atom is 0.308 e. The number of nitrogens with zero attached hydrogens (tertiary/aromatic N) is 2. The number of amides is 1. The molecule has 118 valence electrons. The molecule has 3 N–H and O–H groups in total. The molecule has 1 atom stereocenters. The van der Waals surface area contributed by atoms with Crippen LogP contribution in [0.5, 0.6) is 0 Å². The number of carboxylic acid groups (broad SMARTS) is 1. The van der Waals surface area contributed by atoms with Gasteiger partial charge in [-0.2, -0.15) is 0 Å². The summed E-state index contributed by atoms with van der Waals surface area (Å²) in [6.07, 6.45) is 0.480. The highest BCUT2D eigenvalue weighted by molar-refractivity contribution is 5.90. The molecule has 0 bridgehead atoms. The fraction of sp³-hybridized carbons (Fsp3) is 0.714. The van der Waals surface area contributed by atoms with E-state index in [1.54, 1.807) is 0 Å². The standard InChI is InChI=1S/C14H24N4O3/c1-8(2)10-16-11(18-17-10)12(19)15-7-9(13(20)21)6-14(3,4)5/h8-9H,6-7H2,1-5H3,(H,15,19)(H,20,21)(H,16,17,18). The van der Waals surface area contributed by atoms with Crippen LogP contribution in [0, 0.1) is 11.3 Å². The number of carbonyl (C=O) groups is 2. The fourth-order valence-electron chi connectivity index (χ4n) is 1.92. The van der Waals surface area contributed by atoms with Crippen molar-refractivity contribution in [2.75, 3.05) is 6.54 Å². The maximum atomic E-state index is 11.9. The molecule has 21 heavy (non-hydrogen) atoms. The monoisotopic (exact) mass is 296 g/mol. The highest BCUT2D eigenvalue weighted by Gasteiger charge is 2.25. The summed E-state index contributed by atoms with van der Waals surface area (Å²) in [6.45, 7) is 9.84. The van der Waals surface area contributed by atoms with E-state index in [9.17, 15) is 14.7 Å². The zero-order chi connectivity index (χ0) is 16.2. The lowest BCUT2D eigenvalue weighted by molar-refractivity contribution is -0.142. The van der Waals surface area contributed by atoms with Gasteiger partial charge in [0.1, 0.15) is 5.82 Å². The van der Waals surface area contributed by atoms with E-state index in [0.29, 0.717) is 12.2 Å². The average Bonchev–Trinajstić information content (AvgIpc) is 2.82. The van der Waals surface area contributed by atoms with Gasteiger partial charge in [-0.15, -0.1) is 5.10 Å². The summed E-state index contributed by atoms with van der Waals surface area (Å²) in [7, 11) is 0. The topological polar surface area (TPSA) is 108 Å². The Kier molecular flexibility index (Phi) is 5.46. The van der Waals surface area contributed by atoms with E-state index in [-0.39, 0.29) is 23.7 Å². The minimum atomic E-state index is -0.914. The first-order valence-corrected chi connectivity index (χ1v) is 7.03. The Bertz CT molecular complexity index is 503. The molecule has 7 nitrogen and oxygen atoms in total. The van der Waals surface area contributed by atoms with Crippen molar-refractivity contribution in [3.05, 3.63) is 11.6 Å². The van der Waals surface area contributed by atoms with Gasteiger partial charge in [0.05, 0.1) is 5.92 Å². The summed E-state index contributed by atoms with van der Waals surface area (Å²) in [6, 6.07) is 0. The first kappa shape index (κ1) is 17.1. The van der Waals surface area contributed by atoms with E-state index >= 15 is 0 Å². The minimum absolute atomic E-state index is 0.0404. The Balaban J connectivity index is 2.62. The van der Waals surface area contributed by atoms with Crippen molar-refractivity contribution in [2.24, 2.45) is 11.3 Å². The summed E-state index contributed by atoms with van der Waals surface area (Å²) in [5.74, 6) is -1.19. The van der Waals surface area contributed by atoms with Crippen LogP contribution in [0.1, 0.15) is 63.4 Å². The third kappa shape index (κ3) is 5.53. The number of nitrogens with one attached hydrogen (secondary N) is 2. The van der Waals surface area contributed by atoms with Crippen LogP contribution in [0.3, 0.4) is 0 Å². The van der Waals surface area contributed by atoms with Crippen LogP contribution in [-0.2, 0) is 4.79 Å². The number of aliphatic carboxylic acids is 1. The molecule has 0 saturated carbocycles. The largest absolute Gasteiger partial charge is 0.481 e. The van der Waals surface area contributed by atoms with Gasteiger partial charge in [-0.05, 0) is 11.8 Å². The fourth-order valence-corrected chi connectivity index (χ4v) is 1.92. The van der Waals surface area contributed by atoms with Gasteiger partial charge in [-0.1, -0.05) is 34.6 Å². The lowest BCUT2D eigenvalue weighted by atomic mass is 9.84. The summed E-state index contributed by atoms with van der Waals surface area (Å²) < 4.78 is 0. The van der Waals surface area contributed by atoms with Gasteiger partial charge in [-0.25, -0.2) is 4.98 Å². The van der Waals surface area contributed by atoms with Crippen molar-refractivity contribution in [3.63, 3.8) is 0 Å². The number of hydrogen-bond acceptors (Lipinski definition) is 4. The van der Waals surface area contributed by atoms with E-state index in [2.05, 4.69) is 20.5 Å². The SMILES string of the molecule is CC(C)c1nc(C(=O)NCC(CC(C)(C)C)C(=O)O)n[nH]1.